The maximum atomic E-state index is 8.99. The minimum Gasteiger partial charge on any atom is -0.392 e. The molecule has 0 bridgehead atoms. The van der Waals surface area contributed by atoms with Gasteiger partial charge >= 0.3 is 0 Å². The number of rotatable bonds is 5. The third-order valence-corrected chi connectivity index (χ3v) is 1.65. The average molecular weight is 160 g/mol. The molecule has 3 heteroatoms. The molecule has 0 fully saturated rings. The Morgan fingerprint density at radius 3 is 2.45 bits per heavy atom. The third kappa shape index (κ3) is 6.28. The fraction of sp³-hybridized carbons (Fsp3) is 1.00. The van der Waals surface area contributed by atoms with Crippen molar-refractivity contribution in [3.63, 3.8) is 0 Å². The second kappa shape index (κ2) is 4.70. The van der Waals surface area contributed by atoms with E-state index in [9.17, 15) is 0 Å². The maximum Gasteiger partial charge on any atom is 0.0636 e. The van der Waals surface area contributed by atoms with E-state index in [-0.39, 0.29) is 11.6 Å². The monoisotopic (exact) mass is 160 g/mol. The molecule has 0 aliphatic rings. The Morgan fingerprint density at radius 2 is 2.09 bits per heavy atom. The van der Waals surface area contributed by atoms with E-state index in [1.54, 1.807) is 6.92 Å². The molecule has 1 unspecified atom stereocenters. The normalized spacial score (nSPS) is 15.0. The van der Waals surface area contributed by atoms with E-state index in [2.05, 4.69) is 19.2 Å². The number of aliphatic hydroxyl groups excluding tert-OH is 1. The number of nitrogens with two attached hydrogens (primary N) is 1. The van der Waals surface area contributed by atoms with Crippen LogP contribution in [0.5, 0.6) is 0 Å². The highest BCUT2D eigenvalue weighted by Crippen LogP contribution is 2.05. The topological polar surface area (TPSA) is 58.3 Å². The van der Waals surface area contributed by atoms with Gasteiger partial charge in [-0.1, -0.05) is 0 Å². The Hall–Kier alpha value is -0.120. The van der Waals surface area contributed by atoms with Gasteiger partial charge in [-0.25, -0.2) is 0 Å². The Kier molecular flexibility index (Phi) is 4.65. The van der Waals surface area contributed by atoms with Crippen LogP contribution in [0.4, 0.5) is 0 Å². The van der Waals surface area contributed by atoms with E-state index < -0.39 is 0 Å². The Morgan fingerprint density at radius 1 is 1.55 bits per heavy atom. The van der Waals surface area contributed by atoms with Crippen LogP contribution in [0.2, 0.25) is 0 Å². The van der Waals surface area contributed by atoms with Crippen molar-refractivity contribution in [3.8, 4) is 0 Å². The lowest BCUT2D eigenvalue weighted by Gasteiger charge is -2.26. The van der Waals surface area contributed by atoms with Gasteiger partial charge in [0.2, 0.25) is 0 Å². The molecule has 68 valence electrons. The average Bonchev–Trinajstić information content (AvgIpc) is 1.84. The second-order valence-electron chi connectivity index (χ2n) is 3.65. The summed E-state index contributed by atoms with van der Waals surface area (Å²) in [6.45, 7) is 7.25. The Balaban J connectivity index is 3.54. The van der Waals surface area contributed by atoms with Gasteiger partial charge in [0.15, 0.2) is 0 Å². The maximum absolute atomic E-state index is 8.99. The number of hydrogen-bond donors (Lipinski definition) is 3. The summed E-state index contributed by atoms with van der Waals surface area (Å²) in [6.07, 6.45) is 0.645. The molecule has 1 atom stereocenters. The number of β-amino-alcohol motifs (C(OH)–C–C–N with tert-alkyl or cyclic N) is 1. The smallest absolute Gasteiger partial charge is 0.0636 e. The molecule has 0 spiro atoms. The van der Waals surface area contributed by atoms with Crippen LogP contribution in [0.15, 0.2) is 0 Å². The largest absolute Gasteiger partial charge is 0.392 e. The zero-order valence-electron chi connectivity index (χ0n) is 7.72. The SMILES string of the molecule is CC(O)CNC(C)(C)CCN. The highest BCUT2D eigenvalue weighted by Gasteiger charge is 2.15. The molecule has 0 aliphatic carbocycles. The summed E-state index contributed by atoms with van der Waals surface area (Å²) in [4.78, 5) is 0. The molecule has 0 saturated carbocycles. The fourth-order valence-electron chi connectivity index (χ4n) is 0.873. The van der Waals surface area contributed by atoms with Crippen molar-refractivity contribution in [2.24, 2.45) is 5.73 Å². The molecule has 0 radical (unpaired) electrons. The molecular formula is C8H20N2O. The van der Waals surface area contributed by atoms with Crippen molar-refractivity contribution in [3.05, 3.63) is 0 Å². The first-order valence-electron chi connectivity index (χ1n) is 4.11. The van der Waals surface area contributed by atoms with Crippen LogP contribution in [0.1, 0.15) is 27.2 Å². The van der Waals surface area contributed by atoms with Crippen molar-refractivity contribution >= 4 is 0 Å². The van der Waals surface area contributed by atoms with Gasteiger partial charge in [-0.3, -0.25) is 0 Å². The van der Waals surface area contributed by atoms with E-state index in [4.69, 9.17) is 10.8 Å². The van der Waals surface area contributed by atoms with Gasteiger partial charge in [0.1, 0.15) is 0 Å². The minimum atomic E-state index is -0.285. The van der Waals surface area contributed by atoms with Gasteiger partial charge in [-0.15, -0.1) is 0 Å². The summed E-state index contributed by atoms with van der Waals surface area (Å²) in [5.41, 5.74) is 5.47. The van der Waals surface area contributed by atoms with Crippen LogP contribution in [0, 0.1) is 0 Å². The minimum absolute atomic E-state index is 0.0474. The van der Waals surface area contributed by atoms with E-state index >= 15 is 0 Å². The van der Waals surface area contributed by atoms with Crippen LogP contribution in [-0.4, -0.2) is 29.8 Å². The van der Waals surface area contributed by atoms with Crippen LogP contribution in [0.25, 0.3) is 0 Å². The number of nitrogens with one attached hydrogen (secondary N) is 1. The lowest BCUT2D eigenvalue weighted by atomic mass is 10.0. The van der Waals surface area contributed by atoms with Gasteiger partial charge in [0, 0.05) is 12.1 Å². The van der Waals surface area contributed by atoms with Crippen LogP contribution < -0.4 is 11.1 Å². The lowest BCUT2D eigenvalue weighted by molar-refractivity contribution is 0.175. The quantitative estimate of drug-likeness (QED) is 0.534. The van der Waals surface area contributed by atoms with Crippen LogP contribution >= 0.6 is 0 Å². The first-order chi connectivity index (χ1) is 4.98. The first-order valence-corrected chi connectivity index (χ1v) is 4.11. The van der Waals surface area contributed by atoms with E-state index in [0.717, 1.165) is 6.42 Å². The summed E-state index contributed by atoms with van der Waals surface area (Å²) in [5, 5.41) is 12.2. The summed E-state index contributed by atoms with van der Waals surface area (Å²) in [7, 11) is 0. The molecule has 3 nitrogen and oxygen atoms in total. The van der Waals surface area contributed by atoms with E-state index in [1.807, 2.05) is 0 Å². The Bertz CT molecular complexity index is 102. The summed E-state index contributed by atoms with van der Waals surface area (Å²) >= 11 is 0. The molecule has 0 aromatic rings. The molecule has 0 saturated heterocycles. The molecule has 4 N–H and O–H groups in total. The molecule has 0 rings (SSSR count). The number of aliphatic hydroxyl groups is 1. The van der Waals surface area contributed by atoms with Crippen molar-refractivity contribution in [1.29, 1.82) is 0 Å². The number of hydrogen-bond acceptors (Lipinski definition) is 3. The molecule has 0 aromatic heterocycles. The standard InChI is InChI=1S/C8H20N2O/c1-7(11)6-10-8(2,3)4-5-9/h7,10-11H,4-6,9H2,1-3H3. The molecule has 0 heterocycles. The van der Waals surface area contributed by atoms with Gasteiger partial charge in [0.25, 0.3) is 0 Å². The van der Waals surface area contributed by atoms with E-state index in [1.165, 1.54) is 0 Å². The lowest BCUT2D eigenvalue weighted by Crippen LogP contribution is -2.44. The fourth-order valence-corrected chi connectivity index (χ4v) is 0.873. The predicted molar refractivity (Wildman–Crippen MR) is 47.4 cm³/mol. The van der Waals surface area contributed by atoms with Crippen LogP contribution in [-0.2, 0) is 0 Å². The molecular weight excluding hydrogens is 140 g/mol. The molecule has 0 amide bonds. The predicted octanol–water partition coefficient (Wildman–Crippen LogP) is 0.0842. The van der Waals surface area contributed by atoms with Gasteiger partial charge in [-0.05, 0) is 33.7 Å². The molecule has 11 heavy (non-hydrogen) atoms. The van der Waals surface area contributed by atoms with E-state index in [0.29, 0.717) is 13.1 Å². The van der Waals surface area contributed by atoms with Crippen molar-refractivity contribution in [2.75, 3.05) is 13.1 Å². The van der Waals surface area contributed by atoms with Crippen LogP contribution in [0.3, 0.4) is 0 Å². The highest BCUT2D eigenvalue weighted by atomic mass is 16.3. The summed E-state index contributed by atoms with van der Waals surface area (Å²) in [5.74, 6) is 0. The van der Waals surface area contributed by atoms with Crippen molar-refractivity contribution in [2.45, 2.75) is 38.8 Å². The first kappa shape index (κ1) is 10.9. The van der Waals surface area contributed by atoms with Crippen molar-refractivity contribution < 1.29 is 5.11 Å². The van der Waals surface area contributed by atoms with Gasteiger partial charge in [-0.2, -0.15) is 0 Å². The van der Waals surface area contributed by atoms with Crippen molar-refractivity contribution in [1.82, 2.24) is 5.32 Å². The summed E-state index contributed by atoms with van der Waals surface area (Å²) in [6, 6.07) is 0. The molecule has 0 aliphatic heterocycles. The highest BCUT2D eigenvalue weighted by molar-refractivity contribution is 4.78. The zero-order chi connectivity index (χ0) is 8.91. The second-order valence-corrected chi connectivity index (χ2v) is 3.65. The van der Waals surface area contributed by atoms with Gasteiger partial charge < -0.3 is 16.2 Å². The zero-order valence-corrected chi connectivity index (χ0v) is 7.72. The summed E-state index contributed by atoms with van der Waals surface area (Å²) < 4.78 is 0. The molecule has 0 aromatic carbocycles. The third-order valence-electron chi connectivity index (χ3n) is 1.65. The van der Waals surface area contributed by atoms with Gasteiger partial charge in [0.05, 0.1) is 6.10 Å². The Labute approximate surface area is 69.0 Å².